The van der Waals surface area contributed by atoms with Crippen molar-refractivity contribution in [3.8, 4) is 5.69 Å². The summed E-state index contributed by atoms with van der Waals surface area (Å²) in [6.07, 6.45) is 8.94. The molecule has 2 aromatic carbocycles. The molecule has 3 N–H and O–H groups in total. The van der Waals surface area contributed by atoms with E-state index in [1.165, 1.54) is 4.52 Å². The summed E-state index contributed by atoms with van der Waals surface area (Å²) in [4.78, 5) is 36.3. The number of nitrogens with zero attached hydrogens (tertiary/aromatic N) is 6. The Balaban J connectivity index is 1.47. The Morgan fingerprint density at radius 1 is 1.05 bits per heavy atom. The van der Waals surface area contributed by atoms with Crippen molar-refractivity contribution in [1.82, 2.24) is 34.0 Å². The van der Waals surface area contributed by atoms with Gasteiger partial charge in [0.2, 0.25) is 0 Å². The third-order valence-corrected chi connectivity index (χ3v) is 7.25. The fraction of sp³-hybridized carbons (Fsp3) is 0.129. The van der Waals surface area contributed by atoms with Crippen molar-refractivity contribution < 1.29 is 4.79 Å². The molecule has 41 heavy (non-hydrogen) atoms. The molecular weight excluding hydrogens is 516 g/mol. The molecule has 0 aliphatic rings. The summed E-state index contributed by atoms with van der Waals surface area (Å²) in [5, 5.41) is 8.54. The summed E-state index contributed by atoms with van der Waals surface area (Å²) in [5.41, 5.74) is 9.45. The zero-order valence-corrected chi connectivity index (χ0v) is 22.8. The lowest BCUT2D eigenvalue weighted by molar-refractivity contribution is 0.0941. The van der Waals surface area contributed by atoms with E-state index >= 15 is 0 Å². The van der Waals surface area contributed by atoms with E-state index in [2.05, 4.69) is 20.4 Å². The molecule has 0 radical (unpaired) electrons. The van der Waals surface area contributed by atoms with Gasteiger partial charge in [0.05, 0.1) is 23.3 Å². The van der Waals surface area contributed by atoms with Crippen LogP contribution in [0.25, 0.3) is 34.3 Å². The number of nitrogens with two attached hydrogens (primary N) is 1. The van der Waals surface area contributed by atoms with E-state index in [4.69, 9.17) is 5.73 Å². The zero-order valence-electron chi connectivity index (χ0n) is 22.8. The van der Waals surface area contributed by atoms with Crippen LogP contribution in [0.3, 0.4) is 0 Å². The number of para-hydroxylation sites is 1. The first-order valence-corrected chi connectivity index (χ1v) is 13.1. The number of anilines is 1. The number of carbonyl (C=O) groups is 1. The van der Waals surface area contributed by atoms with E-state index in [0.29, 0.717) is 22.4 Å². The lowest BCUT2D eigenvalue weighted by Gasteiger charge is -2.21. The molecule has 10 heteroatoms. The Bertz CT molecular complexity index is 2020. The number of pyridine rings is 1. The van der Waals surface area contributed by atoms with Gasteiger partial charge in [0.1, 0.15) is 11.4 Å². The van der Waals surface area contributed by atoms with Crippen molar-refractivity contribution in [3.05, 3.63) is 118 Å². The molecule has 1 atom stereocenters. The van der Waals surface area contributed by atoms with Crippen molar-refractivity contribution >= 4 is 40.3 Å². The second-order valence-corrected chi connectivity index (χ2v) is 9.82. The van der Waals surface area contributed by atoms with Crippen molar-refractivity contribution in [1.29, 1.82) is 0 Å². The number of aryl methyl sites for hydroxylation is 1. The number of fused-ring (bicyclic) bond motifs is 2. The molecule has 0 saturated carbocycles. The molecule has 4 heterocycles. The molecule has 6 rings (SSSR count). The SMILES string of the molecule is Cc1ncc(/C=C/c2cccc3cc([C@@H](C)NC(=O)c4c(N)nn5cccnc45)n(-c4ccccc4)c(=O)c23)n1C. The molecule has 6 aromatic rings. The number of amides is 1. The average Bonchev–Trinajstić information content (AvgIpc) is 3.49. The van der Waals surface area contributed by atoms with Crippen LogP contribution in [0.2, 0.25) is 0 Å². The van der Waals surface area contributed by atoms with Crippen molar-refractivity contribution in [2.45, 2.75) is 19.9 Å². The average molecular weight is 545 g/mol. The Kier molecular flexibility index (Phi) is 6.43. The van der Waals surface area contributed by atoms with E-state index in [1.807, 2.05) is 92.2 Å². The van der Waals surface area contributed by atoms with E-state index in [9.17, 15) is 9.59 Å². The molecule has 1 amide bonds. The van der Waals surface area contributed by atoms with E-state index in [0.717, 1.165) is 22.5 Å². The largest absolute Gasteiger partial charge is 0.381 e. The minimum Gasteiger partial charge on any atom is -0.381 e. The summed E-state index contributed by atoms with van der Waals surface area (Å²) in [6, 6.07) is 18.2. The molecule has 0 saturated heterocycles. The fourth-order valence-corrected chi connectivity index (χ4v) is 5.02. The molecule has 0 spiro atoms. The van der Waals surface area contributed by atoms with Crippen LogP contribution in [0.1, 0.15) is 46.1 Å². The second-order valence-electron chi connectivity index (χ2n) is 9.82. The minimum absolute atomic E-state index is 0.0763. The number of nitrogen functional groups attached to an aromatic ring is 1. The number of hydrogen-bond donors (Lipinski definition) is 2. The van der Waals surface area contributed by atoms with Gasteiger partial charge in [-0.2, -0.15) is 0 Å². The second kappa shape index (κ2) is 10.2. The maximum atomic E-state index is 14.3. The fourth-order valence-electron chi connectivity index (χ4n) is 5.02. The van der Waals surface area contributed by atoms with Crippen LogP contribution >= 0.6 is 0 Å². The van der Waals surface area contributed by atoms with Crippen LogP contribution in [0.4, 0.5) is 5.82 Å². The highest BCUT2D eigenvalue weighted by Gasteiger charge is 2.23. The summed E-state index contributed by atoms with van der Waals surface area (Å²) in [5.74, 6) is 0.544. The third kappa shape index (κ3) is 4.55. The lowest BCUT2D eigenvalue weighted by atomic mass is 10.0. The molecule has 0 bridgehead atoms. The first-order valence-electron chi connectivity index (χ1n) is 13.1. The van der Waals surface area contributed by atoms with Gasteiger partial charge in [-0.05, 0) is 55.1 Å². The topological polar surface area (TPSA) is 125 Å². The van der Waals surface area contributed by atoms with Crippen molar-refractivity contribution in [2.75, 3.05) is 5.73 Å². The van der Waals surface area contributed by atoms with Crippen LogP contribution in [0, 0.1) is 6.92 Å². The molecule has 204 valence electrons. The summed E-state index contributed by atoms with van der Waals surface area (Å²) in [7, 11) is 1.95. The highest BCUT2D eigenvalue weighted by atomic mass is 16.2. The van der Waals surface area contributed by atoms with Crippen molar-refractivity contribution in [2.24, 2.45) is 7.05 Å². The van der Waals surface area contributed by atoms with Gasteiger partial charge >= 0.3 is 0 Å². The first-order chi connectivity index (χ1) is 19.8. The van der Waals surface area contributed by atoms with Gasteiger partial charge in [-0.15, -0.1) is 5.10 Å². The molecule has 4 aromatic heterocycles. The first kappa shape index (κ1) is 25.8. The standard InChI is InChI=1S/C31H28N8O2/c1-19(35-30(40)27-28(32)36-38-16-8-15-33-29(27)38)25-17-22-10-7-9-21(13-14-24-18-34-20(2)37(24)3)26(22)31(41)39(25)23-11-5-4-6-12-23/h4-19H,1-3H3,(H2,32,36)(H,35,40)/b14-13+/t19-/m1/s1. The van der Waals surface area contributed by atoms with Crippen LogP contribution < -0.4 is 16.6 Å². The molecule has 0 fully saturated rings. The summed E-state index contributed by atoms with van der Waals surface area (Å²) in [6.45, 7) is 3.78. The highest BCUT2D eigenvalue weighted by molar-refractivity contribution is 6.04. The maximum Gasteiger partial charge on any atom is 0.263 e. The van der Waals surface area contributed by atoms with Crippen molar-refractivity contribution in [3.63, 3.8) is 0 Å². The number of benzene rings is 2. The Morgan fingerprint density at radius 2 is 1.85 bits per heavy atom. The third-order valence-electron chi connectivity index (χ3n) is 7.25. The van der Waals surface area contributed by atoms with Crippen LogP contribution in [-0.4, -0.2) is 34.6 Å². The normalized spacial score (nSPS) is 12.4. The number of imidazole rings is 1. The number of rotatable bonds is 6. The highest BCUT2D eigenvalue weighted by Crippen LogP contribution is 2.25. The van der Waals surface area contributed by atoms with E-state index in [-0.39, 0.29) is 16.9 Å². The van der Waals surface area contributed by atoms with Gasteiger partial charge in [-0.25, -0.2) is 14.5 Å². The van der Waals surface area contributed by atoms with Gasteiger partial charge in [-0.3, -0.25) is 14.2 Å². The summed E-state index contributed by atoms with van der Waals surface area (Å²) < 4.78 is 5.10. The number of carbonyl (C=O) groups excluding carboxylic acids is 1. The van der Waals surface area contributed by atoms with Gasteiger partial charge in [-0.1, -0.05) is 42.5 Å². The predicted molar refractivity (Wildman–Crippen MR) is 160 cm³/mol. The van der Waals surface area contributed by atoms with E-state index in [1.54, 1.807) is 29.2 Å². The smallest absolute Gasteiger partial charge is 0.263 e. The number of hydrogen-bond acceptors (Lipinski definition) is 6. The Labute approximate surface area is 235 Å². The Morgan fingerprint density at radius 3 is 2.61 bits per heavy atom. The number of aromatic nitrogens is 6. The van der Waals surface area contributed by atoms with Gasteiger partial charge in [0.25, 0.3) is 11.5 Å². The Hall–Kier alpha value is -5.51. The van der Waals surface area contributed by atoms with Gasteiger partial charge in [0, 0.05) is 30.8 Å². The number of nitrogens with one attached hydrogen (secondary N) is 1. The van der Waals surface area contributed by atoms with Crippen LogP contribution in [0.5, 0.6) is 0 Å². The molecule has 0 aliphatic heterocycles. The van der Waals surface area contributed by atoms with Crippen LogP contribution in [-0.2, 0) is 7.05 Å². The van der Waals surface area contributed by atoms with Gasteiger partial charge in [0.15, 0.2) is 11.5 Å². The molecule has 0 aliphatic carbocycles. The molecular formula is C31H28N8O2. The van der Waals surface area contributed by atoms with Crippen LogP contribution in [0.15, 0.2) is 84.0 Å². The lowest BCUT2D eigenvalue weighted by Crippen LogP contribution is -2.32. The zero-order chi connectivity index (χ0) is 28.7. The quantitative estimate of drug-likeness (QED) is 0.322. The molecule has 0 unspecified atom stereocenters. The minimum atomic E-state index is -0.561. The van der Waals surface area contributed by atoms with Gasteiger partial charge < -0.3 is 15.6 Å². The van der Waals surface area contributed by atoms with E-state index < -0.39 is 11.9 Å². The predicted octanol–water partition coefficient (Wildman–Crippen LogP) is 4.32. The molecule has 10 nitrogen and oxygen atoms in total. The monoisotopic (exact) mass is 544 g/mol. The maximum absolute atomic E-state index is 14.3. The summed E-state index contributed by atoms with van der Waals surface area (Å²) >= 11 is 0.